The highest BCUT2D eigenvalue weighted by Crippen LogP contribution is 2.28. The molecule has 5 heteroatoms. The lowest BCUT2D eigenvalue weighted by atomic mass is 9.84. The average molecular weight is 348 g/mol. The molecule has 2 aliphatic carbocycles. The van der Waals surface area contributed by atoms with Crippen molar-refractivity contribution >= 4 is 11.8 Å². The minimum Gasteiger partial charge on any atom is -0.353 e. The van der Waals surface area contributed by atoms with Gasteiger partial charge in [-0.2, -0.15) is 5.26 Å². The average Bonchev–Trinajstić information content (AvgIpc) is 2.62. The van der Waals surface area contributed by atoms with Gasteiger partial charge in [-0.1, -0.05) is 19.3 Å². The summed E-state index contributed by atoms with van der Waals surface area (Å²) in [6.07, 6.45) is 10.7. The maximum absolute atomic E-state index is 12.5. The van der Waals surface area contributed by atoms with E-state index in [1.807, 2.05) is 6.92 Å². The molecular formula is C20H33N3O2. The number of rotatable bonds is 6. The molecule has 2 aliphatic rings. The first-order chi connectivity index (χ1) is 12.0. The van der Waals surface area contributed by atoms with Crippen molar-refractivity contribution in [2.24, 2.45) is 11.8 Å². The first-order valence-electron chi connectivity index (χ1n) is 9.94. The van der Waals surface area contributed by atoms with Crippen molar-refractivity contribution in [1.82, 2.24) is 10.2 Å². The van der Waals surface area contributed by atoms with Crippen molar-refractivity contribution in [2.75, 3.05) is 7.05 Å². The molecule has 0 heterocycles. The minimum absolute atomic E-state index is 0.0366. The zero-order valence-electron chi connectivity index (χ0n) is 15.8. The SMILES string of the molecule is CC(CC#N)N(C)C(=O)C1CCC(NC(=O)CC2CCCCC2)CC1. The van der Waals surface area contributed by atoms with Crippen LogP contribution in [0.4, 0.5) is 0 Å². The van der Waals surface area contributed by atoms with Crippen LogP contribution in [0.15, 0.2) is 0 Å². The predicted molar refractivity (Wildman–Crippen MR) is 97.5 cm³/mol. The molecule has 0 aromatic rings. The van der Waals surface area contributed by atoms with Crippen LogP contribution >= 0.6 is 0 Å². The highest BCUT2D eigenvalue weighted by molar-refractivity contribution is 5.79. The number of nitrogens with one attached hydrogen (secondary N) is 1. The molecule has 2 amide bonds. The van der Waals surface area contributed by atoms with Crippen molar-refractivity contribution in [3.05, 3.63) is 0 Å². The Balaban J connectivity index is 1.71. The van der Waals surface area contributed by atoms with Gasteiger partial charge in [-0.3, -0.25) is 9.59 Å². The molecular weight excluding hydrogens is 314 g/mol. The third-order valence-electron chi connectivity index (χ3n) is 6.04. The van der Waals surface area contributed by atoms with Crippen molar-refractivity contribution < 1.29 is 9.59 Å². The summed E-state index contributed by atoms with van der Waals surface area (Å²) in [5.74, 6) is 0.954. The first kappa shape index (κ1) is 19.8. The molecule has 0 aliphatic heterocycles. The van der Waals surface area contributed by atoms with Crippen molar-refractivity contribution in [1.29, 1.82) is 5.26 Å². The summed E-state index contributed by atoms with van der Waals surface area (Å²) in [5, 5.41) is 12.0. The van der Waals surface area contributed by atoms with E-state index >= 15 is 0 Å². The predicted octanol–water partition coefficient (Wildman–Crippen LogP) is 3.39. The number of carbonyl (C=O) groups excluding carboxylic acids is 2. The van der Waals surface area contributed by atoms with E-state index in [0.29, 0.717) is 18.8 Å². The molecule has 0 saturated heterocycles. The van der Waals surface area contributed by atoms with Gasteiger partial charge in [0.05, 0.1) is 12.5 Å². The molecule has 1 unspecified atom stereocenters. The van der Waals surface area contributed by atoms with Crippen molar-refractivity contribution in [3.63, 3.8) is 0 Å². The summed E-state index contributed by atoms with van der Waals surface area (Å²) in [4.78, 5) is 26.5. The summed E-state index contributed by atoms with van der Waals surface area (Å²) in [5.41, 5.74) is 0. The zero-order valence-corrected chi connectivity index (χ0v) is 15.8. The zero-order chi connectivity index (χ0) is 18.2. The Morgan fingerprint density at radius 3 is 2.36 bits per heavy atom. The quantitative estimate of drug-likeness (QED) is 0.800. The van der Waals surface area contributed by atoms with E-state index in [2.05, 4.69) is 11.4 Å². The maximum Gasteiger partial charge on any atom is 0.225 e. The Morgan fingerprint density at radius 2 is 1.76 bits per heavy atom. The van der Waals surface area contributed by atoms with Crippen LogP contribution in [0.3, 0.4) is 0 Å². The number of nitriles is 1. The van der Waals surface area contributed by atoms with Gasteiger partial charge in [0.2, 0.25) is 11.8 Å². The van der Waals surface area contributed by atoms with Gasteiger partial charge in [0, 0.05) is 31.5 Å². The van der Waals surface area contributed by atoms with Crippen LogP contribution in [0, 0.1) is 23.2 Å². The first-order valence-corrected chi connectivity index (χ1v) is 9.94. The Kier molecular flexibility index (Phi) is 7.74. The number of hydrogen-bond acceptors (Lipinski definition) is 3. The third kappa shape index (κ3) is 6.02. The van der Waals surface area contributed by atoms with Crippen LogP contribution < -0.4 is 5.32 Å². The number of hydrogen-bond donors (Lipinski definition) is 1. The van der Waals surface area contributed by atoms with Crippen LogP contribution in [0.25, 0.3) is 0 Å². The number of carbonyl (C=O) groups is 2. The highest BCUT2D eigenvalue weighted by atomic mass is 16.2. The molecule has 0 radical (unpaired) electrons. The lowest BCUT2D eigenvalue weighted by molar-refractivity contribution is -0.137. The van der Waals surface area contributed by atoms with E-state index in [-0.39, 0.29) is 29.8 Å². The lowest BCUT2D eigenvalue weighted by Gasteiger charge is -2.33. The van der Waals surface area contributed by atoms with Gasteiger partial charge in [-0.15, -0.1) is 0 Å². The molecule has 0 spiro atoms. The fourth-order valence-corrected chi connectivity index (χ4v) is 4.20. The fourth-order valence-electron chi connectivity index (χ4n) is 4.20. The van der Waals surface area contributed by atoms with E-state index in [0.717, 1.165) is 25.7 Å². The summed E-state index contributed by atoms with van der Waals surface area (Å²) in [6, 6.07) is 2.31. The second kappa shape index (κ2) is 9.79. The monoisotopic (exact) mass is 347 g/mol. The standard InChI is InChI=1S/C20H33N3O2/c1-15(12-13-21)23(2)20(25)17-8-10-18(11-9-17)22-19(24)14-16-6-4-3-5-7-16/h15-18H,3-12,14H2,1-2H3,(H,22,24). The topological polar surface area (TPSA) is 73.2 Å². The summed E-state index contributed by atoms with van der Waals surface area (Å²) < 4.78 is 0. The molecule has 2 saturated carbocycles. The molecule has 25 heavy (non-hydrogen) atoms. The van der Waals surface area contributed by atoms with E-state index in [9.17, 15) is 9.59 Å². The van der Waals surface area contributed by atoms with Gasteiger partial charge in [-0.25, -0.2) is 0 Å². The lowest BCUT2D eigenvalue weighted by Crippen LogP contribution is -2.43. The van der Waals surface area contributed by atoms with E-state index in [4.69, 9.17) is 5.26 Å². The van der Waals surface area contributed by atoms with E-state index in [1.54, 1.807) is 11.9 Å². The van der Waals surface area contributed by atoms with Gasteiger partial charge < -0.3 is 10.2 Å². The molecule has 0 aromatic heterocycles. The molecule has 0 aromatic carbocycles. The summed E-state index contributed by atoms with van der Waals surface area (Å²) in [6.45, 7) is 1.91. The van der Waals surface area contributed by atoms with Gasteiger partial charge in [0.15, 0.2) is 0 Å². The fraction of sp³-hybridized carbons (Fsp3) is 0.850. The molecule has 2 rings (SSSR count). The Labute approximate surface area is 152 Å². The Bertz CT molecular complexity index is 486. The largest absolute Gasteiger partial charge is 0.353 e. The Morgan fingerprint density at radius 1 is 1.12 bits per heavy atom. The molecule has 0 bridgehead atoms. The smallest absolute Gasteiger partial charge is 0.225 e. The van der Waals surface area contributed by atoms with Gasteiger partial charge in [-0.05, 0) is 51.4 Å². The van der Waals surface area contributed by atoms with E-state index < -0.39 is 0 Å². The van der Waals surface area contributed by atoms with Crippen LogP contribution in [0.2, 0.25) is 0 Å². The van der Waals surface area contributed by atoms with Gasteiger partial charge in [0.25, 0.3) is 0 Å². The molecule has 140 valence electrons. The van der Waals surface area contributed by atoms with Crippen LogP contribution in [-0.2, 0) is 9.59 Å². The summed E-state index contributed by atoms with van der Waals surface area (Å²) in [7, 11) is 1.79. The minimum atomic E-state index is -0.0366. The molecule has 1 N–H and O–H groups in total. The number of amides is 2. The number of nitrogens with zero attached hydrogens (tertiary/aromatic N) is 2. The van der Waals surface area contributed by atoms with E-state index in [1.165, 1.54) is 32.1 Å². The normalized spacial score (nSPS) is 25.6. The summed E-state index contributed by atoms with van der Waals surface area (Å²) >= 11 is 0. The van der Waals surface area contributed by atoms with Gasteiger partial charge >= 0.3 is 0 Å². The van der Waals surface area contributed by atoms with Crippen LogP contribution in [-0.4, -0.2) is 35.8 Å². The second-order valence-electron chi connectivity index (χ2n) is 7.98. The van der Waals surface area contributed by atoms with Crippen molar-refractivity contribution in [3.8, 4) is 6.07 Å². The third-order valence-corrected chi connectivity index (χ3v) is 6.04. The van der Waals surface area contributed by atoms with Crippen molar-refractivity contribution in [2.45, 2.75) is 89.6 Å². The van der Waals surface area contributed by atoms with Gasteiger partial charge in [0.1, 0.15) is 0 Å². The molecule has 5 nitrogen and oxygen atoms in total. The van der Waals surface area contributed by atoms with Crippen LogP contribution in [0.5, 0.6) is 0 Å². The second-order valence-corrected chi connectivity index (χ2v) is 7.98. The van der Waals surface area contributed by atoms with Crippen LogP contribution in [0.1, 0.15) is 77.6 Å². The highest BCUT2D eigenvalue weighted by Gasteiger charge is 2.30. The Hall–Kier alpha value is -1.57. The molecule has 1 atom stereocenters. The maximum atomic E-state index is 12.5. The molecule has 2 fully saturated rings.